The minimum Gasteiger partial charge on any atom is -0.541 e. The molecule has 2 nitrogen and oxygen atoms in total. The summed E-state index contributed by atoms with van der Waals surface area (Å²) < 4.78 is 11.8. The summed E-state index contributed by atoms with van der Waals surface area (Å²) in [5, 5.41) is 1.29. The molecule has 1 aromatic heterocycles. The van der Waals surface area contributed by atoms with Gasteiger partial charge in [-0.15, -0.1) is 0 Å². The third-order valence-corrected chi connectivity index (χ3v) is 7.96. The Bertz CT molecular complexity index is 520. The zero-order valence-corrected chi connectivity index (χ0v) is 12.2. The molecule has 0 amide bonds. The van der Waals surface area contributed by atoms with Crippen LogP contribution in [0.2, 0.25) is 18.1 Å². The van der Waals surface area contributed by atoms with Gasteiger partial charge in [0.2, 0.25) is 0 Å². The number of rotatable bonds is 2. The Balaban J connectivity index is 2.39. The van der Waals surface area contributed by atoms with Gasteiger partial charge in [0.15, 0.2) is 5.58 Å². The van der Waals surface area contributed by atoms with Crippen molar-refractivity contribution in [3.8, 4) is 5.75 Å². The smallest absolute Gasteiger partial charge is 0.250 e. The Hall–Kier alpha value is -1.22. The van der Waals surface area contributed by atoms with Crippen LogP contribution in [0.3, 0.4) is 0 Å². The van der Waals surface area contributed by atoms with Crippen molar-refractivity contribution < 1.29 is 8.84 Å². The molecule has 2 rings (SSSR count). The standard InChI is InChI=1S/C14H20O2Si/c1-14(2,3)17(4,5)16-12-8-6-7-11-9-10-15-13(11)12/h6-10H,1-5H3. The topological polar surface area (TPSA) is 22.4 Å². The number of hydrogen-bond donors (Lipinski definition) is 0. The summed E-state index contributed by atoms with van der Waals surface area (Å²) >= 11 is 0. The molecule has 0 aliphatic rings. The summed E-state index contributed by atoms with van der Waals surface area (Å²) in [6.07, 6.45) is 1.71. The molecule has 0 aliphatic carbocycles. The summed E-state index contributed by atoms with van der Waals surface area (Å²) in [5.74, 6) is 0.874. The van der Waals surface area contributed by atoms with E-state index in [1.54, 1.807) is 6.26 Å². The fourth-order valence-electron chi connectivity index (χ4n) is 1.47. The van der Waals surface area contributed by atoms with Crippen molar-refractivity contribution in [2.24, 2.45) is 0 Å². The SMILES string of the molecule is CC(C)(C)[Si](C)(C)Oc1cccc2ccoc12. The van der Waals surface area contributed by atoms with Crippen LogP contribution >= 0.6 is 0 Å². The quantitative estimate of drug-likeness (QED) is 0.711. The number of fused-ring (bicyclic) bond motifs is 1. The maximum Gasteiger partial charge on any atom is 0.250 e. The molecule has 17 heavy (non-hydrogen) atoms. The molecule has 1 heterocycles. The second-order valence-corrected chi connectivity index (χ2v) is 10.7. The van der Waals surface area contributed by atoms with Crippen LogP contribution in [0.4, 0.5) is 0 Å². The second kappa shape index (κ2) is 3.91. The molecule has 0 aliphatic heterocycles. The van der Waals surface area contributed by atoms with E-state index in [0.717, 1.165) is 16.7 Å². The molecule has 0 atom stereocenters. The van der Waals surface area contributed by atoms with Gasteiger partial charge in [-0.25, -0.2) is 0 Å². The average Bonchev–Trinajstić information content (AvgIpc) is 2.64. The van der Waals surface area contributed by atoms with Crippen LogP contribution in [0.1, 0.15) is 20.8 Å². The minimum absolute atomic E-state index is 0.196. The van der Waals surface area contributed by atoms with Crippen LogP contribution in [-0.4, -0.2) is 8.32 Å². The molecule has 0 radical (unpaired) electrons. The van der Waals surface area contributed by atoms with E-state index in [1.165, 1.54) is 0 Å². The van der Waals surface area contributed by atoms with E-state index in [1.807, 2.05) is 24.3 Å². The van der Waals surface area contributed by atoms with E-state index in [4.69, 9.17) is 8.84 Å². The van der Waals surface area contributed by atoms with Gasteiger partial charge in [-0.1, -0.05) is 32.9 Å². The third kappa shape index (κ3) is 2.25. The highest BCUT2D eigenvalue weighted by Gasteiger charge is 2.39. The van der Waals surface area contributed by atoms with Crippen LogP contribution in [0.15, 0.2) is 34.9 Å². The molecule has 0 saturated heterocycles. The molecule has 2 aromatic rings. The van der Waals surface area contributed by atoms with E-state index in [2.05, 4.69) is 33.9 Å². The molecule has 0 bridgehead atoms. The van der Waals surface area contributed by atoms with Crippen LogP contribution < -0.4 is 4.43 Å². The van der Waals surface area contributed by atoms with Gasteiger partial charge < -0.3 is 8.84 Å². The molecule has 0 unspecified atom stereocenters. The fourth-order valence-corrected chi connectivity index (χ4v) is 2.49. The lowest BCUT2D eigenvalue weighted by atomic mass is 10.2. The van der Waals surface area contributed by atoms with E-state index in [9.17, 15) is 0 Å². The molecular weight excluding hydrogens is 228 g/mol. The molecule has 0 spiro atoms. The summed E-state index contributed by atoms with van der Waals surface area (Å²) in [6, 6.07) is 8.01. The van der Waals surface area contributed by atoms with Crippen molar-refractivity contribution in [1.82, 2.24) is 0 Å². The van der Waals surface area contributed by atoms with Crippen molar-refractivity contribution >= 4 is 19.3 Å². The first-order valence-electron chi connectivity index (χ1n) is 5.96. The molecule has 0 N–H and O–H groups in total. The number of benzene rings is 1. The maximum absolute atomic E-state index is 6.28. The largest absolute Gasteiger partial charge is 0.541 e. The Kier molecular flexibility index (Phi) is 2.82. The molecule has 0 fully saturated rings. The lowest BCUT2D eigenvalue weighted by Gasteiger charge is -2.36. The summed E-state index contributed by atoms with van der Waals surface area (Å²) in [6.45, 7) is 11.2. The van der Waals surface area contributed by atoms with Crippen LogP contribution in [-0.2, 0) is 0 Å². The molecule has 1 aromatic carbocycles. The lowest BCUT2D eigenvalue weighted by molar-refractivity contribution is 0.483. The zero-order chi connectivity index (χ0) is 12.7. The maximum atomic E-state index is 6.28. The fraction of sp³-hybridized carbons (Fsp3) is 0.429. The van der Waals surface area contributed by atoms with E-state index >= 15 is 0 Å². The van der Waals surface area contributed by atoms with Gasteiger partial charge in [-0.05, 0) is 30.3 Å². The van der Waals surface area contributed by atoms with Gasteiger partial charge in [0.05, 0.1) is 6.26 Å². The van der Waals surface area contributed by atoms with Gasteiger partial charge >= 0.3 is 0 Å². The molecular formula is C14H20O2Si. The zero-order valence-electron chi connectivity index (χ0n) is 11.2. The monoisotopic (exact) mass is 248 g/mol. The number of hydrogen-bond acceptors (Lipinski definition) is 2. The highest BCUT2D eigenvalue weighted by molar-refractivity contribution is 6.74. The van der Waals surface area contributed by atoms with Crippen LogP contribution in [0.25, 0.3) is 11.0 Å². The van der Waals surface area contributed by atoms with E-state index in [0.29, 0.717) is 0 Å². The Morgan fingerprint density at radius 3 is 2.47 bits per heavy atom. The lowest BCUT2D eigenvalue weighted by Crippen LogP contribution is -2.43. The van der Waals surface area contributed by atoms with Crippen LogP contribution in [0.5, 0.6) is 5.75 Å². The highest BCUT2D eigenvalue weighted by Crippen LogP contribution is 2.39. The predicted molar refractivity (Wildman–Crippen MR) is 74.0 cm³/mol. The first kappa shape index (κ1) is 12.2. The Morgan fingerprint density at radius 2 is 1.82 bits per heavy atom. The highest BCUT2D eigenvalue weighted by atomic mass is 28.4. The Morgan fingerprint density at radius 1 is 1.12 bits per heavy atom. The molecule has 3 heteroatoms. The van der Waals surface area contributed by atoms with Gasteiger partial charge in [0.1, 0.15) is 5.75 Å². The normalized spacial score (nSPS) is 13.0. The van der Waals surface area contributed by atoms with Crippen molar-refractivity contribution in [3.05, 3.63) is 30.5 Å². The van der Waals surface area contributed by atoms with Crippen molar-refractivity contribution in [2.75, 3.05) is 0 Å². The van der Waals surface area contributed by atoms with E-state index in [-0.39, 0.29) is 5.04 Å². The van der Waals surface area contributed by atoms with Gasteiger partial charge in [0, 0.05) is 5.39 Å². The summed E-state index contributed by atoms with van der Waals surface area (Å²) in [7, 11) is -1.80. The van der Waals surface area contributed by atoms with Crippen molar-refractivity contribution in [1.29, 1.82) is 0 Å². The minimum atomic E-state index is -1.80. The molecule has 0 saturated carbocycles. The number of furan rings is 1. The molecule has 92 valence electrons. The Labute approximate surface area is 104 Å². The third-order valence-electron chi connectivity index (χ3n) is 3.61. The van der Waals surface area contributed by atoms with Gasteiger partial charge in [0.25, 0.3) is 8.32 Å². The summed E-state index contributed by atoms with van der Waals surface area (Å²) in [4.78, 5) is 0. The second-order valence-electron chi connectivity index (χ2n) is 5.96. The van der Waals surface area contributed by atoms with Crippen LogP contribution in [0, 0.1) is 0 Å². The average molecular weight is 248 g/mol. The van der Waals surface area contributed by atoms with Crippen molar-refractivity contribution in [2.45, 2.75) is 38.9 Å². The van der Waals surface area contributed by atoms with Gasteiger partial charge in [-0.2, -0.15) is 0 Å². The van der Waals surface area contributed by atoms with Crippen molar-refractivity contribution in [3.63, 3.8) is 0 Å². The van der Waals surface area contributed by atoms with Gasteiger partial charge in [-0.3, -0.25) is 0 Å². The predicted octanol–water partition coefficient (Wildman–Crippen LogP) is 4.82. The first-order chi connectivity index (χ1) is 7.81. The summed E-state index contributed by atoms with van der Waals surface area (Å²) in [5.41, 5.74) is 0.859. The number of para-hydroxylation sites is 1. The van der Waals surface area contributed by atoms with E-state index < -0.39 is 8.32 Å². The first-order valence-corrected chi connectivity index (χ1v) is 8.87.